The molecule has 6 heteroatoms. The van der Waals surface area contributed by atoms with E-state index in [2.05, 4.69) is 0 Å². The molecule has 27 heavy (non-hydrogen) atoms. The fourth-order valence-electron chi connectivity index (χ4n) is 3.48. The second-order valence-corrected chi connectivity index (χ2v) is 7.97. The lowest BCUT2D eigenvalue weighted by Gasteiger charge is -2.36. The Bertz CT molecular complexity index is 389. The van der Waals surface area contributed by atoms with Gasteiger partial charge in [-0.3, -0.25) is 0 Å². The van der Waals surface area contributed by atoms with Crippen LogP contribution in [0.15, 0.2) is 0 Å². The summed E-state index contributed by atoms with van der Waals surface area (Å²) in [5.41, 5.74) is 0. The molecule has 1 saturated heterocycles. The second kappa shape index (κ2) is 14.3. The summed E-state index contributed by atoms with van der Waals surface area (Å²) < 4.78 is 11.4. The summed E-state index contributed by atoms with van der Waals surface area (Å²) in [6.07, 6.45) is 10.4. The molecule has 160 valence electrons. The van der Waals surface area contributed by atoms with Crippen LogP contribution in [-0.4, -0.2) is 46.9 Å². The molecular weight excluding hydrogens is 348 g/mol. The van der Waals surface area contributed by atoms with Crippen LogP contribution in [-0.2, 0) is 14.3 Å². The Kier molecular flexibility index (Phi) is 12.9. The standard InChI is InChI=1S/C21H40O6/c1-16(26-21-19(23)15-18(22)17(2)27-21)13-11-9-7-5-3-4-6-8-10-12-14-20(24)25/h16-19,21-23H,3-15H2,1-2H3,(H,24,25)/p-1/t16-,17+,18-,19-,21-/m1/s1. The maximum absolute atomic E-state index is 10.3. The summed E-state index contributed by atoms with van der Waals surface area (Å²) in [6, 6.07) is 0. The molecule has 5 atom stereocenters. The van der Waals surface area contributed by atoms with Crippen molar-refractivity contribution in [2.24, 2.45) is 0 Å². The average Bonchev–Trinajstić information content (AvgIpc) is 2.60. The van der Waals surface area contributed by atoms with Gasteiger partial charge in [-0.2, -0.15) is 0 Å². The molecule has 1 aliphatic heterocycles. The first kappa shape index (κ1) is 24.3. The van der Waals surface area contributed by atoms with E-state index in [-0.39, 0.29) is 18.6 Å². The van der Waals surface area contributed by atoms with Crippen LogP contribution in [0.1, 0.15) is 97.3 Å². The van der Waals surface area contributed by atoms with Crippen molar-refractivity contribution < 1.29 is 29.6 Å². The van der Waals surface area contributed by atoms with Crippen LogP contribution in [0.3, 0.4) is 0 Å². The van der Waals surface area contributed by atoms with E-state index in [1.165, 1.54) is 38.5 Å². The summed E-state index contributed by atoms with van der Waals surface area (Å²) in [4.78, 5) is 10.3. The highest BCUT2D eigenvalue weighted by molar-refractivity contribution is 5.63. The van der Waals surface area contributed by atoms with Crippen molar-refractivity contribution in [1.29, 1.82) is 0 Å². The molecule has 0 spiro atoms. The van der Waals surface area contributed by atoms with E-state index in [0.717, 1.165) is 32.1 Å². The van der Waals surface area contributed by atoms with Gasteiger partial charge in [-0.05, 0) is 33.1 Å². The van der Waals surface area contributed by atoms with E-state index >= 15 is 0 Å². The molecule has 1 heterocycles. The van der Waals surface area contributed by atoms with Crippen LogP contribution in [0, 0.1) is 0 Å². The Morgan fingerprint density at radius 3 is 2.07 bits per heavy atom. The maximum atomic E-state index is 10.3. The zero-order valence-corrected chi connectivity index (χ0v) is 17.1. The van der Waals surface area contributed by atoms with E-state index in [0.29, 0.717) is 6.42 Å². The lowest BCUT2D eigenvalue weighted by Crippen LogP contribution is -2.48. The SMILES string of the molecule is C[C@H](CCCCCCCCCCCCC(=O)[O-])O[C@@H]1O[C@@H](C)[C@H](O)C[C@H]1O. The van der Waals surface area contributed by atoms with Crippen LogP contribution < -0.4 is 5.11 Å². The number of hydrogen-bond acceptors (Lipinski definition) is 6. The Hall–Kier alpha value is -0.690. The zero-order chi connectivity index (χ0) is 20.1. The van der Waals surface area contributed by atoms with Crippen molar-refractivity contribution in [2.75, 3.05) is 0 Å². The van der Waals surface area contributed by atoms with Crippen LogP contribution in [0.4, 0.5) is 0 Å². The third kappa shape index (κ3) is 11.7. The number of aliphatic hydroxyl groups excluding tert-OH is 2. The molecule has 1 aliphatic rings. The minimum Gasteiger partial charge on any atom is -0.550 e. The first-order chi connectivity index (χ1) is 12.9. The number of carbonyl (C=O) groups excluding carboxylic acids is 1. The molecule has 0 aliphatic carbocycles. The van der Waals surface area contributed by atoms with Crippen molar-refractivity contribution in [3.05, 3.63) is 0 Å². The van der Waals surface area contributed by atoms with Gasteiger partial charge in [0.2, 0.25) is 0 Å². The number of carbonyl (C=O) groups is 1. The summed E-state index contributed by atoms with van der Waals surface area (Å²) in [6.45, 7) is 3.80. The van der Waals surface area contributed by atoms with Gasteiger partial charge in [-0.15, -0.1) is 0 Å². The van der Waals surface area contributed by atoms with Gasteiger partial charge in [-0.25, -0.2) is 0 Å². The first-order valence-electron chi connectivity index (χ1n) is 10.8. The highest BCUT2D eigenvalue weighted by Crippen LogP contribution is 2.23. The van der Waals surface area contributed by atoms with E-state index in [4.69, 9.17) is 9.47 Å². The monoisotopic (exact) mass is 387 g/mol. The van der Waals surface area contributed by atoms with Crippen LogP contribution >= 0.6 is 0 Å². The predicted molar refractivity (Wildman–Crippen MR) is 102 cm³/mol. The predicted octanol–water partition coefficient (Wildman–Crippen LogP) is 2.68. The van der Waals surface area contributed by atoms with Crippen molar-refractivity contribution >= 4 is 5.97 Å². The first-order valence-corrected chi connectivity index (χ1v) is 10.8. The van der Waals surface area contributed by atoms with E-state index in [1.54, 1.807) is 6.92 Å². The van der Waals surface area contributed by atoms with Gasteiger partial charge in [0.15, 0.2) is 6.29 Å². The summed E-state index contributed by atoms with van der Waals surface area (Å²) in [5.74, 6) is -0.939. The van der Waals surface area contributed by atoms with Gasteiger partial charge in [0.05, 0.1) is 18.3 Å². The molecule has 0 aromatic rings. The molecule has 1 fully saturated rings. The minimum atomic E-state index is -0.939. The lowest BCUT2D eigenvalue weighted by atomic mass is 10.0. The van der Waals surface area contributed by atoms with Crippen molar-refractivity contribution in [3.8, 4) is 0 Å². The number of ether oxygens (including phenoxy) is 2. The number of hydrogen-bond donors (Lipinski definition) is 2. The third-order valence-electron chi connectivity index (χ3n) is 5.30. The molecule has 0 radical (unpaired) electrons. The Balaban J connectivity index is 1.91. The molecule has 0 aromatic heterocycles. The average molecular weight is 388 g/mol. The molecule has 0 bridgehead atoms. The Labute approximate surface area is 164 Å². The topological polar surface area (TPSA) is 99.1 Å². The second-order valence-electron chi connectivity index (χ2n) is 7.97. The fourth-order valence-corrected chi connectivity index (χ4v) is 3.48. The van der Waals surface area contributed by atoms with Crippen LogP contribution in [0.25, 0.3) is 0 Å². The molecule has 0 aromatic carbocycles. The molecule has 6 nitrogen and oxygen atoms in total. The number of aliphatic hydroxyl groups is 2. The lowest BCUT2D eigenvalue weighted by molar-refractivity contribution is -0.305. The third-order valence-corrected chi connectivity index (χ3v) is 5.30. The van der Waals surface area contributed by atoms with Gasteiger partial charge < -0.3 is 29.6 Å². The van der Waals surface area contributed by atoms with Gasteiger partial charge in [0.1, 0.15) is 6.10 Å². The van der Waals surface area contributed by atoms with E-state index in [1.807, 2.05) is 6.92 Å². The van der Waals surface area contributed by atoms with E-state index < -0.39 is 24.5 Å². The smallest absolute Gasteiger partial charge is 0.184 e. The number of aliphatic carboxylic acids is 1. The van der Waals surface area contributed by atoms with Crippen molar-refractivity contribution in [1.82, 2.24) is 0 Å². The highest BCUT2D eigenvalue weighted by atomic mass is 16.7. The van der Waals surface area contributed by atoms with Gasteiger partial charge in [0, 0.05) is 12.4 Å². The minimum absolute atomic E-state index is 0.0353. The Morgan fingerprint density at radius 1 is 1.00 bits per heavy atom. The van der Waals surface area contributed by atoms with Gasteiger partial charge >= 0.3 is 0 Å². The maximum Gasteiger partial charge on any atom is 0.184 e. The van der Waals surface area contributed by atoms with Gasteiger partial charge in [0.25, 0.3) is 0 Å². The number of carboxylic acids is 1. The summed E-state index contributed by atoms with van der Waals surface area (Å²) in [7, 11) is 0. The Morgan fingerprint density at radius 2 is 1.52 bits per heavy atom. The summed E-state index contributed by atoms with van der Waals surface area (Å²) in [5, 5.41) is 29.9. The normalized spacial score (nSPS) is 26.8. The highest BCUT2D eigenvalue weighted by Gasteiger charge is 2.35. The molecule has 0 unspecified atom stereocenters. The molecule has 1 rings (SSSR count). The summed E-state index contributed by atoms with van der Waals surface area (Å²) >= 11 is 0. The quantitative estimate of drug-likeness (QED) is 0.419. The van der Waals surface area contributed by atoms with Crippen LogP contribution in [0.5, 0.6) is 0 Å². The van der Waals surface area contributed by atoms with Crippen LogP contribution in [0.2, 0.25) is 0 Å². The van der Waals surface area contributed by atoms with E-state index in [9.17, 15) is 20.1 Å². The van der Waals surface area contributed by atoms with Crippen molar-refractivity contribution in [2.45, 2.75) is 128 Å². The molecular formula is C21H39O6-. The molecule has 0 saturated carbocycles. The molecule has 2 N–H and O–H groups in total. The number of carboxylic acid groups (broad SMARTS) is 1. The largest absolute Gasteiger partial charge is 0.550 e. The fraction of sp³-hybridized carbons (Fsp3) is 0.952. The molecule has 0 amide bonds. The number of rotatable bonds is 15. The van der Waals surface area contributed by atoms with Crippen molar-refractivity contribution in [3.63, 3.8) is 0 Å². The zero-order valence-electron chi connectivity index (χ0n) is 17.1. The number of unbranched alkanes of at least 4 members (excludes halogenated alkanes) is 9. The van der Waals surface area contributed by atoms with Gasteiger partial charge in [-0.1, -0.05) is 57.8 Å².